The minimum atomic E-state index is -4.89. The number of nitrogens with one attached hydrogen (secondary N) is 2. The molecule has 2 aliphatic heterocycles. The zero-order chi connectivity index (χ0) is 38.2. The first-order valence-electron chi connectivity index (χ1n) is 17.7. The van der Waals surface area contributed by atoms with E-state index in [9.17, 15) is 32.3 Å². The number of anilines is 2. The number of ether oxygens (including phenoxy) is 2. The van der Waals surface area contributed by atoms with Crippen molar-refractivity contribution in [3.63, 3.8) is 0 Å². The molecule has 0 saturated carbocycles. The van der Waals surface area contributed by atoms with Crippen molar-refractivity contribution in [2.45, 2.75) is 58.5 Å². The quantitative estimate of drug-likeness (QED) is 0.210. The van der Waals surface area contributed by atoms with E-state index in [0.29, 0.717) is 29.1 Å². The highest BCUT2D eigenvalue weighted by molar-refractivity contribution is 6.02. The Balaban J connectivity index is 1.28. The van der Waals surface area contributed by atoms with E-state index in [-0.39, 0.29) is 43.3 Å². The molecule has 0 radical (unpaired) electrons. The van der Waals surface area contributed by atoms with Crippen LogP contribution in [0.4, 0.5) is 33.9 Å². The van der Waals surface area contributed by atoms with E-state index in [2.05, 4.69) is 30.4 Å². The molecule has 0 atom stereocenters. The van der Waals surface area contributed by atoms with E-state index in [4.69, 9.17) is 9.47 Å². The highest BCUT2D eigenvalue weighted by Gasteiger charge is 2.34. The minimum Gasteiger partial charge on any atom is -0.489 e. The molecule has 53 heavy (non-hydrogen) atoms. The number of rotatable bonds is 12. The SMILES string of the molecule is CC(C)(C)OC(=O)N(CCO)Cc1cc(NC(=O)c2cnc(N3CCC(CN4CCNCC4)CC3)cn2)ccc1OCc1ccc(F)c(C(F)(F)F)c1. The highest BCUT2D eigenvalue weighted by Crippen LogP contribution is 2.33. The molecule has 2 fully saturated rings. The van der Waals surface area contributed by atoms with Gasteiger partial charge in [-0.1, -0.05) is 6.07 Å². The van der Waals surface area contributed by atoms with Crippen LogP contribution in [0.5, 0.6) is 5.75 Å². The topological polar surface area (TPSA) is 132 Å². The molecule has 3 aromatic rings. The van der Waals surface area contributed by atoms with E-state index in [1.807, 2.05) is 0 Å². The van der Waals surface area contributed by atoms with Gasteiger partial charge in [-0.05, 0) is 75.4 Å². The van der Waals surface area contributed by atoms with E-state index in [0.717, 1.165) is 64.7 Å². The van der Waals surface area contributed by atoms with Crippen LogP contribution >= 0.6 is 0 Å². The largest absolute Gasteiger partial charge is 0.489 e. The van der Waals surface area contributed by atoms with Crippen LogP contribution in [0.25, 0.3) is 0 Å². The Hall–Kier alpha value is -4.54. The van der Waals surface area contributed by atoms with Crippen molar-refractivity contribution in [2.24, 2.45) is 5.92 Å². The molecule has 3 N–H and O–H groups in total. The molecule has 5 rings (SSSR count). The summed E-state index contributed by atoms with van der Waals surface area (Å²) in [7, 11) is 0. The molecule has 2 amide bonds. The van der Waals surface area contributed by atoms with Crippen molar-refractivity contribution >= 4 is 23.5 Å². The summed E-state index contributed by atoms with van der Waals surface area (Å²) in [5, 5.41) is 15.9. The van der Waals surface area contributed by atoms with Crippen molar-refractivity contribution < 1.29 is 41.7 Å². The van der Waals surface area contributed by atoms with Gasteiger partial charge in [-0.3, -0.25) is 4.79 Å². The predicted octanol–water partition coefficient (Wildman–Crippen LogP) is 5.32. The second-order valence-corrected chi connectivity index (χ2v) is 14.2. The van der Waals surface area contributed by atoms with Gasteiger partial charge in [0.2, 0.25) is 0 Å². The third-order valence-electron chi connectivity index (χ3n) is 8.97. The number of amides is 2. The summed E-state index contributed by atoms with van der Waals surface area (Å²) in [6.07, 6.45) is -0.508. The van der Waals surface area contributed by atoms with Crippen LogP contribution in [-0.2, 0) is 24.1 Å². The number of hydrogen-bond acceptors (Lipinski definition) is 10. The number of alkyl halides is 3. The lowest BCUT2D eigenvalue weighted by Crippen LogP contribution is -2.47. The number of piperidine rings is 1. The average Bonchev–Trinajstić information content (AvgIpc) is 3.11. The van der Waals surface area contributed by atoms with Crippen LogP contribution in [0, 0.1) is 11.7 Å². The van der Waals surface area contributed by atoms with Crippen molar-refractivity contribution in [1.29, 1.82) is 0 Å². The molecule has 2 aliphatic rings. The van der Waals surface area contributed by atoms with Gasteiger partial charge < -0.3 is 39.9 Å². The zero-order valence-corrected chi connectivity index (χ0v) is 30.2. The number of piperazine rings is 1. The molecule has 2 saturated heterocycles. The lowest BCUT2D eigenvalue weighted by Gasteiger charge is -2.36. The monoisotopic (exact) mass is 745 g/mol. The summed E-state index contributed by atoms with van der Waals surface area (Å²) in [6.45, 7) is 11.1. The van der Waals surface area contributed by atoms with Gasteiger partial charge in [-0.25, -0.2) is 19.2 Å². The van der Waals surface area contributed by atoms with Crippen LogP contribution in [0.15, 0.2) is 48.8 Å². The molecule has 0 aliphatic carbocycles. The lowest BCUT2D eigenvalue weighted by molar-refractivity contribution is -0.140. The molecule has 12 nitrogen and oxygen atoms in total. The number of halogens is 4. The van der Waals surface area contributed by atoms with Crippen LogP contribution in [0.1, 0.15) is 60.8 Å². The summed E-state index contributed by atoms with van der Waals surface area (Å²) in [5.74, 6) is -0.438. The Bertz CT molecular complexity index is 1690. The van der Waals surface area contributed by atoms with Crippen LogP contribution in [0.2, 0.25) is 0 Å². The number of nitrogens with zero attached hydrogens (tertiary/aromatic N) is 5. The number of aliphatic hydroxyl groups excluding tert-OH is 1. The predicted molar refractivity (Wildman–Crippen MR) is 190 cm³/mol. The van der Waals surface area contributed by atoms with Crippen molar-refractivity contribution in [2.75, 3.05) is 69.2 Å². The molecular formula is C37H47F4N7O5. The summed E-state index contributed by atoms with van der Waals surface area (Å²) in [4.78, 5) is 41.1. The summed E-state index contributed by atoms with van der Waals surface area (Å²) in [6, 6.07) is 7.13. The fourth-order valence-corrected chi connectivity index (χ4v) is 6.25. The minimum absolute atomic E-state index is 0.0584. The number of benzene rings is 2. The van der Waals surface area contributed by atoms with Crippen molar-refractivity contribution in [3.05, 3.63) is 77.0 Å². The summed E-state index contributed by atoms with van der Waals surface area (Å²) >= 11 is 0. The van der Waals surface area contributed by atoms with E-state index in [1.54, 1.807) is 33.0 Å². The molecule has 1 aromatic heterocycles. The number of carbonyl (C=O) groups excluding carboxylic acids is 2. The van der Waals surface area contributed by atoms with Crippen LogP contribution in [0.3, 0.4) is 0 Å². The Morgan fingerprint density at radius 3 is 2.40 bits per heavy atom. The third kappa shape index (κ3) is 11.5. The summed E-state index contributed by atoms with van der Waals surface area (Å²) < 4.78 is 65.2. The number of aromatic nitrogens is 2. The molecule has 0 bridgehead atoms. The van der Waals surface area contributed by atoms with Gasteiger partial charge in [-0.15, -0.1) is 0 Å². The Kier molecular flexibility index (Phi) is 13.1. The maximum absolute atomic E-state index is 13.9. The first-order valence-corrected chi connectivity index (χ1v) is 17.7. The molecule has 0 spiro atoms. The highest BCUT2D eigenvalue weighted by atomic mass is 19.4. The Labute approximate surface area is 306 Å². The maximum atomic E-state index is 13.9. The smallest absolute Gasteiger partial charge is 0.419 e. The molecule has 288 valence electrons. The van der Waals surface area contributed by atoms with Gasteiger partial charge in [0.15, 0.2) is 0 Å². The fraction of sp³-hybridized carbons (Fsp3) is 0.514. The molecule has 0 unspecified atom stereocenters. The number of hydrogen-bond donors (Lipinski definition) is 3. The Morgan fingerprint density at radius 1 is 1.02 bits per heavy atom. The van der Waals surface area contributed by atoms with Gasteiger partial charge in [0.25, 0.3) is 5.91 Å². The third-order valence-corrected chi connectivity index (χ3v) is 8.97. The normalized spacial score (nSPS) is 16.0. The number of aliphatic hydroxyl groups is 1. The first-order chi connectivity index (χ1) is 25.2. The fourth-order valence-electron chi connectivity index (χ4n) is 6.25. The van der Waals surface area contributed by atoms with Gasteiger partial charge in [0.05, 0.1) is 31.1 Å². The second-order valence-electron chi connectivity index (χ2n) is 14.2. The molecular weight excluding hydrogens is 698 g/mol. The first kappa shape index (κ1) is 39.7. The Morgan fingerprint density at radius 2 is 1.75 bits per heavy atom. The second kappa shape index (κ2) is 17.5. The van der Waals surface area contributed by atoms with E-state index < -0.39 is 35.2 Å². The average molecular weight is 746 g/mol. The van der Waals surface area contributed by atoms with E-state index >= 15 is 0 Å². The van der Waals surface area contributed by atoms with Crippen LogP contribution < -0.4 is 20.3 Å². The van der Waals surface area contributed by atoms with Crippen molar-refractivity contribution in [3.8, 4) is 5.75 Å². The standard InChI is InChI=1S/C37H47F4N7O5/c1-36(2,3)53-35(51)48(16-17-49)23-27-19-28(5-7-32(27)52-24-26-4-6-30(38)29(18-26)37(39,40)41)45-34(50)31-20-44-33(21-43-31)47-12-8-25(9-13-47)22-46-14-10-42-11-15-46/h4-7,18-21,25,42,49H,8-17,22-24H2,1-3H3,(H,45,50). The van der Waals surface area contributed by atoms with Crippen LogP contribution in [-0.4, -0.2) is 101 Å². The molecule has 3 heterocycles. The van der Waals surface area contributed by atoms with Gasteiger partial charge in [-0.2, -0.15) is 13.2 Å². The lowest BCUT2D eigenvalue weighted by atomic mass is 9.96. The maximum Gasteiger partial charge on any atom is 0.419 e. The molecule has 16 heteroatoms. The zero-order valence-electron chi connectivity index (χ0n) is 30.2. The van der Waals surface area contributed by atoms with Gasteiger partial charge in [0, 0.05) is 63.6 Å². The van der Waals surface area contributed by atoms with Gasteiger partial charge in [0.1, 0.15) is 35.3 Å². The molecule has 2 aromatic carbocycles. The summed E-state index contributed by atoms with van der Waals surface area (Å²) in [5.41, 5.74) is -1.46. The van der Waals surface area contributed by atoms with E-state index in [1.165, 1.54) is 29.3 Å². The number of carbonyl (C=O) groups is 2. The van der Waals surface area contributed by atoms with Crippen molar-refractivity contribution in [1.82, 2.24) is 25.1 Å². The van der Waals surface area contributed by atoms with Gasteiger partial charge >= 0.3 is 12.3 Å².